The Balaban J connectivity index is 2.20. The van der Waals surface area contributed by atoms with Crippen molar-refractivity contribution in [2.75, 3.05) is 0 Å². The molecule has 4 nitrogen and oxygen atoms in total. The van der Waals surface area contributed by atoms with Crippen LogP contribution < -0.4 is 0 Å². The molecule has 0 radical (unpaired) electrons. The van der Waals surface area contributed by atoms with E-state index in [1.807, 2.05) is 6.07 Å². The summed E-state index contributed by atoms with van der Waals surface area (Å²) in [5.74, 6) is -1.57. The van der Waals surface area contributed by atoms with Gasteiger partial charge in [-0.15, -0.1) is 0 Å². The van der Waals surface area contributed by atoms with Crippen LogP contribution in [0, 0.1) is 23.0 Å². The summed E-state index contributed by atoms with van der Waals surface area (Å²) in [6.45, 7) is 0. The molecule has 7 heteroatoms. The number of pyridine rings is 2. The van der Waals surface area contributed by atoms with Crippen LogP contribution in [0.1, 0.15) is 5.56 Å². The molecule has 0 aliphatic rings. The van der Waals surface area contributed by atoms with Gasteiger partial charge in [-0.1, -0.05) is 0 Å². The van der Waals surface area contributed by atoms with Gasteiger partial charge in [0.25, 0.3) is 0 Å². The van der Waals surface area contributed by atoms with Crippen LogP contribution in [0.3, 0.4) is 0 Å². The number of nitrogens with zero attached hydrogens (tertiary/aromatic N) is 4. The van der Waals surface area contributed by atoms with Crippen LogP contribution in [0.25, 0.3) is 17.0 Å². The van der Waals surface area contributed by atoms with Crippen LogP contribution in [0.4, 0.5) is 8.78 Å². The molecule has 0 saturated heterocycles. The summed E-state index contributed by atoms with van der Waals surface area (Å²) in [7, 11) is 0. The van der Waals surface area contributed by atoms with Crippen LogP contribution in [-0.2, 0) is 0 Å². The second kappa shape index (κ2) is 4.65. The average Bonchev–Trinajstić information content (AvgIpc) is 2.85. The Bertz CT molecular complexity index is 867. The molecule has 3 heterocycles. The predicted octanol–water partition coefficient (Wildman–Crippen LogP) is 3.31. The molecular formula is C13H5BrF2N4. The van der Waals surface area contributed by atoms with Crippen molar-refractivity contribution >= 4 is 21.6 Å². The molecule has 0 aliphatic carbocycles. The lowest BCUT2D eigenvalue weighted by Gasteiger charge is -2.00. The maximum Gasteiger partial charge on any atom is 0.158 e. The van der Waals surface area contributed by atoms with Crippen molar-refractivity contribution in [3.05, 3.63) is 52.4 Å². The lowest BCUT2D eigenvalue weighted by molar-refractivity contribution is 0.570. The van der Waals surface area contributed by atoms with E-state index in [0.717, 1.165) is 6.07 Å². The highest BCUT2D eigenvalue weighted by molar-refractivity contribution is 9.10. The van der Waals surface area contributed by atoms with Crippen LogP contribution in [0.15, 0.2) is 35.2 Å². The van der Waals surface area contributed by atoms with Gasteiger partial charge in [-0.3, -0.25) is 0 Å². The fourth-order valence-corrected chi connectivity index (χ4v) is 2.08. The van der Waals surface area contributed by atoms with E-state index in [1.54, 1.807) is 28.9 Å². The van der Waals surface area contributed by atoms with Gasteiger partial charge in [0.05, 0.1) is 11.6 Å². The zero-order chi connectivity index (χ0) is 14.3. The summed E-state index contributed by atoms with van der Waals surface area (Å²) in [6, 6.07) is 5.93. The molecule has 0 spiro atoms. The zero-order valence-electron chi connectivity index (χ0n) is 9.81. The topological polar surface area (TPSA) is 54.0 Å². The number of imidazole rings is 1. The quantitative estimate of drug-likeness (QED) is 0.641. The summed E-state index contributed by atoms with van der Waals surface area (Å²) in [4.78, 5) is 8.00. The summed E-state index contributed by atoms with van der Waals surface area (Å²) in [5.41, 5.74) is 1.14. The monoisotopic (exact) mass is 334 g/mol. The maximum absolute atomic E-state index is 13.8. The first-order valence-electron chi connectivity index (χ1n) is 5.49. The minimum absolute atomic E-state index is 0.0551. The Hall–Kier alpha value is -2.33. The average molecular weight is 335 g/mol. The van der Waals surface area contributed by atoms with Gasteiger partial charge in [-0.05, 0) is 28.1 Å². The molecule has 3 rings (SSSR count). The molecule has 0 bridgehead atoms. The molecule has 20 heavy (non-hydrogen) atoms. The van der Waals surface area contributed by atoms with Crippen LogP contribution in [-0.4, -0.2) is 14.4 Å². The lowest BCUT2D eigenvalue weighted by atomic mass is 10.3. The SMILES string of the molecule is N#Cc1ccn2cc(-c3nc(Br)c(F)cc3F)nc2c1. The van der Waals surface area contributed by atoms with Crippen LogP contribution >= 0.6 is 15.9 Å². The van der Waals surface area contributed by atoms with Crippen molar-refractivity contribution in [2.45, 2.75) is 0 Å². The number of fused-ring (bicyclic) bond motifs is 1. The molecule has 0 aliphatic heterocycles. The molecule has 0 amide bonds. The van der Waals surface area contributed by atoms with E-state index in [0.29, 0.717) is 11.2 Å². The van der Waals surface area contributed by atoms with E-state index < -0.39 is 11.6 Å². The Morgan fingerprint density at radius 1 is 1.20 bits per heavy atom. The normalized spacial score (nSPS) is 10.7. The molecule has 0 aromatic carbocycles. The van der Waals surface area contributed by atoms with Crippen molar-refractivity contribution in [2.24, 2.45) is 0 Å². The van der Waals surface area contributed by atoms with E-state index in [2.05, 4.69) is 25.9 Å². The Morgan fingerprint density at radius 2 is 2.00 bits per heavy atom. The second-order valence-corrected chi connectivity index (χ2v) is 4.76. The minimum Gasteiger partial charge on any atom is -0.306 e. The third-order valence-electron chi connectivity index (χ3n) is 2.72. The standard InChI is InChI=1S/C13H5BrF2N4/c14-13-9(16)4-8(15)12(19-13)10-6-20-2-1-7(5-17)3-11(20)18-10/h1-4,6H. The fourth-order valence-electron chi connectivity index (χ4n) is 1.79. The van der Waals surface area contributed by atoms with E-state index in [1.165, 1.54) is 0 Å². The fraction of sp³-hybridized carbons (Fsp3) is 0. The van der Waals surface area contributed by atoms with Gasteiger partial charge in [-0.2, -0.15) is 5.26 Å². The van der Waals surface area contributed by atoms with Gasteiger partial charge < -0.3 is 4.40 Å². The molecule has 0 N–H and O–H groups in total. The van der Waals surface area contributed by atoms with Crippen molar-refractivity contribution < 1.29 is 8.78 Å². The summed E-state index contributed by atoms with van der Waals surface area (Å²) in [6.07, 6.45) is 3.20. The smallest absolute Gasteiger partial charge is 0.158 e. The highest BCUT2D eigenvalue weighted by Gasteiger charge is 2.15. The molecule has 3 aromatic rings. The van der Waals surface area contributed by atoms with Crippen molar-refractivity contribution in [3.63, 3.8) is 0 Å². The van der Waals surface area contributed by atoms with Crippen molar-refractivity contribution in [3.8, 4) is 17.5 Å². The van der Waals surface area contributed by atoms with Gasteiger partial charge in [-0.25, -0.2) is 18.7 Å². The van der Waals surface area contributed by atoms with Gasteiger partial charge in [0, 0.05) is 18.5 Å². The molecule has 0 atom stereocenters. The Labute approximate surface area is 120 Å². The number of hydrogen-bond donors (Lipinski definition) is 0. The number of nitriles is 1. The van der Waals surface area contributed by atoms with Crippen LogP contribution in [0.5, 0.6) is 0 Å². The molecule has 0 fully saturated rings. The summed E-state index contributed by atoms with van der Waals surface area (Å²) < 4.78 is 28.5. The third kappa shape index (κ3) is 2.04. The Morgan fingerprint density at radius 3 is 2.75 bits per heavy atom. The van der Waals surface area contributed by atoms with Gasteiger partial charge >= 0.3 is 0 Å². The first kappa shape index (κ1) is 12.7. The lowest BCUT2D eigenvalue weighted by Crippen LogP contribution is -1.93. The van der Waals surface area contributed by atoms with E-state index in [4.69, 9.17) is 5.26 Å². The second-order valence-electron chi connectivity index (χ2n) is 4.01. The number of hydrogen-bond acceptors (Lipinski definition) is 3. The Kier molecular flexibility index (Phi) is 2.95. The number of halogens is 3. The maximum atomic E-state index is 13.8. The molecule has 98 valence electrons. The highest BCUT2D eigenvalue weighted by atomic mass is 79.9. The largest absolute Gasteiger partial charge is 0.306 e. The first-order chi connectivity index (χ1) is 9.58. The minimum atomic E-state index is -0.797. The molecule has 3 aromatic heterocycles. The molecular weight excluding hydrogens is 330 g/mol. The van der Waals surface area contributed by atoms with Crippen molar-refractivity contribution in [1.29, 1.82) is 5.26 Å². The van der Waals surface area contributed by atoms with E-state index >= 15 is 0 Å². The van der Waals surface area contributed by atoms with E-state index in [-0.39, 0.29) is 16.0 Å². The number of aromatic nitrogens is 3. The highest BCUT2D eigenvalue weighted by Crippen LogP contribution is 2.24. The van der Waals surface area contributed by atoms with Crippen molar-refractivity contribution in [1.82, 2.24) is 14.4 Å². The molecule has 0 saturated carbocycles. The van der Waals surface area contributed by atoms with Gasteiger partial charge in [0.15, 0.2) is 11.6 Å². The summed E-state index contributed by atoms with van der Waals surface area (Å²) in [5, 5.41) is 8.82. The third-order valence-corrected chi connectivity index (χ3v) is 3.27. The van der Waals surface area contributed by atoms with Gasteiger partial charge in [0.2, 0.25) is 0 Å². The van der Waals surface area contributed by atoms with Gasteiger partial charge in [0.1, 0.15) is 21.6 Å². The molecule has 0 unspecified atom stereocenters. The van der Waals surface area contributed by atoms with E-state index in [9.17, 15) is 8.78 Å². The zero-order valence-corrected chi connectivity index (χ0v) is 11.4. The van der Waals surface area contributed by atoms with Crippen LogP contribution in [0.2, 0.25) is 0 Å². The first-order valence-corrected chi connectivity index (χ1v) is 6.28. The number of rotatable bonds is 1. The predicted molar refractivity (Wildman–Crippen MR) is 70.8 cm³/mol. The summed E-state index contributed by atoms with van der Waals surface area (Å²) >= 11 is 2.91.